The van der Waals surface area contributed by atoms with Crippen molar-refractivity contribution in [3.05, 3.63) is 42.2 Å². The smallest absolute Gasteiger partial charge is 0.224 e. The Bertz CT molecular complexity index is 641. The number of nitrogens with zero attached hydrogens (tertiary/aromatic N) is 3. The van der Waals surface area contributed by atoms with Gasteiger partial charge in [-0.2, -0.15) is 5.10 Å². The molecule has 0 spiro atoms. The van der Waals surface area contributed by atoms with Crippen molar-refractivity contribution in [1.82, 2.24) is 14.7 Å². The van der Waals surface area contributed by atoms with E-state index in [0.29, 0.717) is 24.5 Å². The second-order valence-corrected chi connectivity index (χ2v) is 5.48. The zero-order valence-corrected chi connectivity index (χ0v) is 14.0. The van der Waals surface area contributed by atoms with Crippen LogP contribution >= 0.6 is 0 Å². The van der Waals surface area contributed by atoms with Crippen molar-refractivity contribution in [2.24, 2.45) is 0 Å². The van der Waals surface area contributed by atoms with Gasteiger partial charge in [-0.1, -0.05) is 6.07 Å². The summed E-state index contributed by atoms with van der Waals surface area (Å²) in [7, 11) is 5.00. The minimum Gasteiger partial charge on any atom is -0.493 e. The molecule has 1 atom stereocenters. The van der Waals surface area contributed by atoms with Gasteiger partial charge in [0, 0.05) is 32.4 Å². The van der Waals surface area contributed by atoms with E-state index in [9.17, 15) is 4.79 Å². The number of methoxy groups -OCH3 is 2. The Morgan fingerprint density at radius 3 is 2.65 bits per heavy atom. The first-order chi connectivity index (χ1) is 11.0. The topological polar surface area (TPSA) is 56.6 Å². The highest BCUT2D eigenvalue weighted by Gasteiger charge is 2.16. The molecule has 1 aromatic heterocycles. The molecule has 0 aliphatic rings. The largest absolute Gasteiger partial charge is 0.493 e. The average molecular weight is 317 g/mol. The van der Waals surface area contributed by atoms with Gasteiger partial charge in [0.25, 0.3) is 0 Å². The van der Waals surface area contributed by atoms with Crippen LogP contribution in [0.15, 0.2) is 36.7 Å². The number of ether oxygens (including phenoxy) is 2. The number of benzene rings is 1. The second-order valence-electron chi connectivity index (χ2n) is 5.48. The van der Waals surface area contributed by atoms with Gasteiger partial charge in [-0.25, -0.2) is 0 Å². The highest BCUT2D eigenvalue weighted by Crippen LogP contribution is 2.28. The third kappa shape index (κ3) is 4.25. The van der Waals surface area contributed by atoms with Gasteiger partial charge >= 0.3 is 0 Å². The van der Waals surface area contributed by atoms with Gasteiger partial charge in [0.15, 0.2) is 11.5 Å². The fraction of sp³-hybridized carbons (Fsp3) is 0.412. The van der Waals surface area contributed by atoms with E-state index in [1.54, 1.807) is 37.0 Å². The molecular weight excluding hydrogens is 294 g/mol. The molecule has 6 heteroatoms. The van der Waals surface area contributed by atoms with Gasteiger partial charge < -0.3 is 14.4 Å². The SMILES string of the molecule is COc1ccc(CN(C)C(=O)CC(C)n2cccn2)cc1OC. The third-order valence-corrected chi connectivity index (χ3v) is 3.74. The van der Waals surface area contributed by atoms with Gasteiger partial charge in [-0.15, -0.1) is 0 Å². The number of hydrogen-bond acceptors (Lipinski definition) is 4. The lowest BCUT2D eigenvalue weighted by molar-refractivity contribution is -0.131. The van der Waals surface area contributed by atoms with Crippen LogP contribution in [0.4, 0.5) is 0 Å². The van der Waals surface area contributed by atoms with Crippen molar-refractivity contribution in [2.45, 2.75) is 25.9 Å². The molecule has 1 aromatic carbocycles. The summed E-state index contributed by atoms with van der Waals surface area (Å²) in [6, 6.07) is 7.56. The molecule has 6 nitrogen and oxygen atoms in total. The van der Waals surface area contributed by atoms with Crippen LogP contribution in [0.5, 0.6) is 11.5 Å². The molecule has 124 valence electrons. The van der Waals surface area contributed by atoms with Crippen LogP contribution < -0.4 is 9.47 Å². The fourth-order valence-electron chi connectivity index (χ4n) is 2.38. The summed E-state index contributed by atoms with van der Waals surface area (Å²) in [5.41, 5.74) is 0.991. The van der Waals surface area contributed by atoms with Gasteiger partial charge in [0.1, 0.15) is 0 Å². The Kier molecular flexibility index (Phi) is 5.62. The van der Waals surface area contributed by atoms with Crippen molar-refractivity contribution in [3.63, 3.8) is 0 Å². The number of aromatic nitrogens is 2. The van der Waals surface area contributed by atoms with E-state index in [0.717, 1.165) is 5.56 Å². The van der Waals surface area contributed by atoms with E-state index in [4.69, 9.17) is 9.47 Å². The summed E-state index contributed by atoms with van der Waals surface area (Å²) < 4.78 is 12.3. The Balaban J connectivity index is 1.98. The van der Waals surface area contributed by atoms with Crippen LogP contribution in [0.1, 0.15) is 24.9 Å². The lowest BCUT2D eigenvalue weighted by Crippen LogP contribution is -2.28. The lowest BCUT2D eigenvalue weighted by atomic mass is 10.1. The quantitative estimate of drug-likeness (QED) is 0.787. The normalized spacial score (nSPS) is 11.8. The molecule has 0 saturated heterocycles. The molecule has 0 N–H and O–H groups in total. The van der Waals surface area contributed by atoms with Crippen molar-refractivity contribution in [1.29, 1.82) is 0 Å². The minimum absolute atomic E-state index is 0.0327. The predicted octanol–water partition coefficient (Wildman–Crippen LogP) is 2.51. The van der Waals surface area contributed by atoms with Gasteiger partial charge in [0.05, 0.1) is 20.3 Å². The maximum atomic E-state index is 12.4. The zero-order chi connectivity index (χ0) is 16.8. The molecule has 0 bridgehead atoms. The number of hydrogen-bond donors (Lipinski definition) is 0. The van der Waals surface area contributed by atoms with Crippen LogP contribution in [0.2, 0.25) is 0 Å². The molecule has 1 heterocycles. The van der Waals surface area contributed by atoms with E-state index >= 15 is 0 Å². The minimum atomic E-state index is 0.0327. The van der Waals surface area contributed by atoms with Crippen molar-refractivity contribution < 1.29 is 14.3 Å². The van der Waals surface area contributed by atoms with Crippen molar-refractivity contribution in [3.8, 4) is 11.5 Å². The second kappa shape index (κ2) is 7.67. The molecular formula is C17H23N3O3. The van der Waals surface area contributed by atoms with E-state index < -0.39 is 0 Å². The first-order valence-corrected chi connectivity index (χ1v) is 7.49. The third-order valence-electron chi connectivity index (χ3n) is 3.74. The maximum absolute atomic E-state index is 12.4. The standard InChI is InChI=1S/C17H23N3O3/c1-13(20-9-5-8-18-20)10-17(21)19(2)12-14-6-7-15(22-3)16(11-14)23-4/h5-9,11,13H,10,12H2,1-4H3. The van der Waals surface area contributed by atoms with E-state index in [1.165, 1.54) is 0 Å². The summed E-state index contributed by atoms with van der Waals surface area (Å²) in [6.07, 6.45) is 3.99. The van der Waals surface area contributed by atoms with Crippen molar-refractivity contribution >= 4 is 5.91 Å². The molecule has 0 fully saturated rings. The Morgan fingerprint density at radius 1 is 1.30 bits per heavy atom. The number of carbonyl (C=O) groups is 1. The van der Waals surface area contributed by atoms with Gasteiger partial charge in [-0.3, -0.25) is 9.48 Å². The van der Waals surface area contributed by atoms with E-state index in [1.807, 2.05) is 37.4 Å². The first-order valence-electron chi connectivity index (χ1n) is 7.49. The fourth-order valence-corrected chi connectivity index (χ4v) is 2.38. The van der Waals surface area contributed by atoms with E-state index in [2.05, 4.69) is 5.10 Å². The van der Waals surface area contributed by atoms with E-state index in [-0.39, 0.29) is 11.9 Å². The average Bonchev–Trinajstić information content (AvgIpc) is 3.09. The maximum Gasteiger partial charge on any atom is 0.224 e. The lowest BCUT2D eigenvalue weighted by Gasteiger charge is -2.20. The number of carbonyl (C=O) groups excluding carboxylic acids is 1. The molecule has 0 aliphatic carbocycles. The van der Waals surface area contributed by atoms with Crippen LogP contribution in [0, 0.1) is 0 Å². The van der Waals surface area contributed by atoms with Crippen LogP contribution in [0.25, 0.3) is 0 Å². The predicted molar refractivity (Wildman–Crippen MR) is 87.6 cm³/mol. The molecule has 23 heavy (non-hydrogen) atoms. The summed E-state index contributed by atoms with van der Waals surface area (Å²) in [5, 5.41) is 4.17. The first kappa shape index (κ1) is 16.9. The van der Waals surface area contributed by atoms with Gasteiger partial charge in [0.2, 0.25) is 5.91 Å². The summed E-state index contributed by atoms with van der Waals surface area (Å²) in [6.45, 7) is 2.50. The van der Waals surface area contributed by atoms with Gasteiger partial charge in [-0.05, 0) is 30.7 Å². The van der Waals surface area contributed by atoms with Crippen LogP contribution in [-0.4, -0.2) is 41.9 Å². The summed E-state index contributed by atoms with van der Waals surface area (Å²) in [4.78, 5) is 14.1. The Hall–Kier alpha value is -2.50. The summed E-state index contributed by atoms with van der Waals surface area (Å²) in [5.74, 6) is 1.41. The molecule has 0 aliphatic heterocycles. The molecule has 2 rings (SSSR count). The highest BCUT2D eigenvalue weighted by molar-refractivity contribution is 5.76. The molecule has 1 amide bonds. The zero-order valence-electron chi connectivity index (χ0n) is 14.0. The Labute approximate surface area is 136 Å². The molecule has 0 saturated carbocycles. The Morgan fingerprint density at radius 2 is 2.04 bits per heavy atom. The van der Waals surface area contributed by atoms with Crippen molar-refractivity contribution in [2.75, 3.05) is 21.3 Å². The summed E-state index contributed by atoms with van der Waals surface area (Å²) >= 11 is 0. The number of amides is 1. The van der Waals surface area contributed by atoms with Crippen LogP contribution in [-0.2, 0) is 11.3 Å². The molecule has 2 aromatic rings. The highest BCUT2D eigenvalue weighted by atomic mass is 16.5. The molecule has 0 radical (unpaired) electrons. The van der Waals surface area contributed by atoms with Crippen LogP contribution in [0.3, 0.4) is 0 Å². The monoisotopic (exact) mass is 317 g/mol. The number of rotatable bonds is 7. The molecule has 1 unspecified atom stereocenters.